The van der Waals surface area contributed by atoms with Crippen molar-refractivity contribution in [2.75, 3.05) is 17.2 Å². The first-order chi connectivity index (χ1) is 15.1. The van der Waals surface area contributed by atoms with E-state index in [-0.39, 0.29) is 23.3 Å². The van der Waals surface area contributed by atoms with Gasteiger partial charge >= 0.3 is 0 Å². The maximum Gasteiger partial charge on any atom is 0.265 e. The first-order valence-electron chi connectivity index (χ1n) is 10.6. The molecule has 8 nitrogen and oxygen atoms in total. The lowest BCUT2D eigenvalue weighted by Gasteiger charge is -2.27. The Morgan fingerprint density at radius 2 is 1.81 bits per heavy atom. The highest BCUT2D eigenvalue weighted by molar-refractivity contribution is 7.89. The van der Waals surface area contributed by atoms with Crippen molar-refractivity contribution in [3.63, 3.8) is 0 Å². The van der Waals surface area contributed by atoms with Gasteiger partial charge in [0.05, 0.1) is 10.6 Å². The highest BCUT2D eigenvalue weighted by Crippen LogP contribution is 2.37. The van der Waals surface area contributed by atoms with Crippen molar-refractivity contribution < 1.29 is 22.7 Å². The second-order valence-corrected chi connectivity index (χ2v) is 10.4. The predicted molar refractivity (Wildman–Crippen MR) is 121 cm³/mol. The first kappa shape index (κ1) is 22.3. The van der Waals surface area contributed by atoms with Crippen LogP contribution in [0.2, 0.25) is 0 Å². The van der Waals surface area contributed by atoms with E-state index < -0.39 is 22.2 Å². The average molecular weight is 458 g/mol. The molecular formula is C23H27N3O5S. The predicted octanol–water partition coefficient (Wildman–Crippen LogP) is 3.12. The minimum Gasteiger partial charge on any atom is -0.479 e. The zero-order valence-electron chi connectivity index (χ0n) is 18.6. The van der Waals surface area contributed by atoms with E-state index in [0.717, 1.165) is 11.1 Å². The Balaban J connectivity index is 1.62. The first-order valence-corrected chi connectivity index (χ1v) is 12.0. The molecule has 170 valence electrons. The van der Waals surface area contributed by atoms with E-state index in [4.69, 9.17) is 4.74 Å². The number of benzene rings is 2. The number of rotatable bonds is 4. The molecule has 2 atom stereocenters. The van der Waals surface area contributed by atoms with Crippen molar-refractivity contribution in [2.45, 2.75) is 57.6 Å². The summed E-state index contributed by atoms with van der Waals surface area (Å²) in [6, 6.07) is 7.96. The molecule has 2 aliphatic rings. The van der Waals surface area contributed by atoms with Crippen LogP contribution in [0, 0.1) is 20.8 Å². The molecule has 0 aromatic heterocycles. The van der Waals surface area contributed by atoms with Crippen molar-refractivity contribution in [3.8, 4) is 5.75 Å². The van der Waals surface area contributed by atoms with Gasteiger partial charge in [0.2, 0.25) is 15.9 Å². The van der Waals surface area contributed by atoms with Gasteiger partial charge in [0.25, 0.3) is 5.91 Å². The van der Waals surface area contributed by atoms with Gasteiger partial charge in [-0.3, -0.25) is 9.59 Å². The molecule has 0 spiro atoms. The number of ether oxygens (including phenoxy) is 1. The van der Waals surface area contributed by atoms with Crippen molar-refractivity contribution in [1.29, 1.82) is 0 Å². The Bertz CT molecular complexity index is 1190. The van der Waals surface area contributed by atoms with E-state index in [1.165, 1.54) is 10.4 Å². The fraction of sp³-hybridized carbons (Fsp3) is 0.391. The Kier molecular flexibility index (Phi) is 5.72. The third-order valence-electron chi connectivity index (χ3n) is 5.79. The third kappa shape index (κ3) is 4.10. The summed E-state index contributed by atoms with van der Waals surface area (Å²) in [6.45, 7) is 7.41. The molecule has 0 aliphatic carbocycles. The smallest absolute Gasteiger partial charge is 0.265 e. The van der Waals surface area contributed by atoms with Crippen molar-refractivity contribution >= 4 is 33.2 Å². The number of aryl methyl sites for hydroxylation is 3. The quantitative estimate of drug-likeness (QED) is 0.734. The number of hydrogen-bond acceptors (Lipinski definition) is 5. The molecule has 4 rings (SSSR count). The summed E-state index contributed by atoms with van der Waals surface area (Å²) in [5.74, 6) is -0.323. The summed E-state index contributed by atoms with van der Waals surface area (Å²) in [5, 5.41) is 5.60. The summed E-state index contributed by atoms with van der Waals surface area (Å²) in [6.07, 6.45) is 0.324. The summed E-state index contributed by atoms with van der Waals surface area (Å²) >= 11 is 0. The summed E-state index contributed by atoms with van der Waals surface area (Å²) in [5.41, 5.74) is 3.60. The summed E-state index contributed by atoms with van der Waals surface area (Å²) in [7, 11) is -3.96. The van der Waals surface area contributed by atoms with E-state index in [9.17, 15) is 18.0 Å². The maximum absolute atomic E-state index is 13.6. The molecule has 0 saturated carbocycles. The Labute approximate surface area is 188 Å². The van der Waals surface area contributed by atoms with Gasteiger partial charge in [-0.05, 0) is 75.4 Å². The lowest BCUT2D eigenvalue weighted by Crippen LogP contribution is -2.43. The van der Waals surface area contributed by atoms with Gasteiger partial charge < -0.3 is 15.4 Å². The Morgan fingerprint density at radius 3 is 2.50 bits per heavy atom. The highest BCUT2D eigenvalue weighted by Gasteiger charge is 2.40. The second-order valence-electron chi connectivity index (χ2n) is 8.50. The number of fused-ring (bicyclic) bond motifs is 1. The van der Waals surface area contributed by atoms with Gasteiger partial charge in [0, 0.05) is 18.3 Å². The van der Waals surface area contributed by atoms with Crippen molar-refractivity contribution in [2.24, 2.45) is 0 Å². The minimum absolute atomic E-state index is 0.0747. The topological polar surface area (TPSA) is 105 Å². The number of carbonyl (C=O) groups excluding carboxylic acids is 2. The van der Waals surface area contributed by atoms with E-state index >= 15 is 0 Å². The molecule has 32 heavy (non-hydrogen) atoms. The molecule has 9 heteroatoms. The van der Waals surface area contributed by atoms with Crippen molar-refractivity contribution in [3.05, 3.63) is 47.0 Å². The number of carbonyl (C=O) groups is 2. The largest absolute Gasteiger partial charge is 0.479 e. The Hall–Kier alpha value is -2.91. The maximum atomic E-state index is 13.6. The van der Waals surface area contributed by atoms with Gasteiger partial charge in [-0.15, -0.1) is 0 Å². The zero-order valence-corrected chi connectivity index (χ0v) is 19.4. The van der Waals surface area contributed by atoms with Crippen LogP contribution >= 0.6 is 0 Å². The van der Waals surface area contributed by atoms with Crippen LogP contribution in [0.25, 0.3) is 0 Å². The molecule has 1 fully saturated rings. The van der Waals surface area contributed by atoms with Crippen LogP contribution in [0.1, 0.15) is 36.5 Å². The number of anilines is 2. The number of nitrogens with zero attached hydrogens (tertiary/aromatic N) is 1. The minimum atomic E-state index is -3.96. The van der Waals surface area contributed by atoms with Crippen LogP contribution < -0.4 is 15.4 Å². The van der Waals surface area contributed by atoms with Crippen LogP contribution in [0.3, 0.4) is 0 Å². The SMILES string of the molecule is Cc1cc(C)cc(NC(=O)C2CCCN2S(=O)(=O)c2cc3c(cc2C)NC(=O)C(C)O3)c1. The highest BCUT2D eigenvalue weighted by atomic mass is 32.2. The molecular weight excluding hydrogens is 430 g/mol. The summed E-state index contributed by atoms with van der Waals surface area (Å²) in [4.78, 5) is 25.0. The lowest BCUT2D eigenvalue weighted by atomic mass is 10.1. The molecule has 2 aromatic carbocycles. The van der Waals surface area contributed by atoms with E-state index in [0.29, 0.717) is 35.5 Å². The number of sulfonamides is 1. The fourth-order valence-electron chi connectivity index (χ4n) is 4.31. The molecule has 0 bridgehead atoms. The molecule has 2 heterocycles. The molecule has 2 amide bonds. The van der Waals surface area contributed by atoms with Crippen LogP contribution in [0.15, 0.2) is 35.2 Å². The molecule has 1 saturated heterocycles. The van der Waals surface area contributed by atoms with E-state index in [1.54, 1.807) is 19.9 Å². The number of amides is 2. The van der Waals surface area contributed by atoms with Gasteiger partial charge in [-0.25, -0.2) is 8.42 Å². The van der Waals surface area contributed by atoms with E-state index in [1.807, 2.05) is 32.0 Å². The second kappa shape index (κ2) is 8.22. The molecule has 0 radical (unpaired) electrons. The lowest BCUT2D eigenvalue weighted by molar-refractivity contribution is -0.122. The molecule has 2 N–H and O–H groups in total. The molecule has 2 unspecified atom stereocenters. The van der Waals surface area contributed by atoms with Crippen LogP contribution in [0.4, 0.5) is 11.4 Å². The zero-order chi connectivity index (χ0) is 23.2. The van der Waals surface area contributed by atoms with Gasteiger partial charge in [-0.1, -0.05) is 6.07 Å². The molecule has 2 aromatic rings. The van der Waals surface area contributed by atoms with Crippen LogP contribution in [-0.4, -0.2) is 43.2 Å². The van der Waals surface area contributed by atoms with Crippen molar-refractivity contribution in [1.82, 2.24) is 4.31 Å². The monoisotopic (exact) mass is 457 g/mol. The standard InChI is InChI=1S/C23H27N3O5S/c1-13-8-14(2)10-17(9-13)24-23(28)19-6-5-7-26(19)32(29,30)21-12-20-18(11-15(21)3)25-22(27)16(4)31-20/h8-12,16,19H,5-7H2,1-4H3,(H,24,28)(H,25,27). The van der Waals surface area contributed by atoms with Crippen LogP contribution in [-0.2, 0) is 19.6 Å². The normalized spacial score (nSPS) is 20.9. The fourth-order valence-corrected chi connectivity index (χ4v) is 6.19. The summed E-state index contributed by atoms with van der Waals surface area (Å²) < 4.78 is 34.0. The van der Waals surface area contributed by atoms with Gasteiger partial charge in [0.1, 0.15) is 11.8 Å². The number of hydrogen-bond donors (Lipinski definition) is 2. The van der Waals surface area contributed by atoms with Gasteiger partial charge in [-0.2, -0.15) is 4.31 Å². The van der Waals surface area contributed by atoms with E-state index in [2.05, 4.69) is 10.6 Å². The average Bonchev–Trinajstić information content (AvgIpc) is 3.19. The molecule has 2 aliphatic heterocycles. The van der Waals surface area contributed by atoms with Gasteiger partial charge in [0.15, 0.2) is 6.10 Å². The third-order valence-corrected chi connectivity index (χ3v) is 7.84. The number of nitrogens with one attached hydrogen (secondary N) is 2. The van der Waals surface area contributed by atoms with Crippen LogP contribution in [0.5, 0.6) is 5.75 Å². The Morgan fingerprint density at radius 1 is 1.12 bits per heavy atom.